The molecule has 0 radical (unpaired) electrons. The molecule has 1 aromatic rings. The van der Waals surface area contributed by atoms with Gasteiger partial charge in [-0.15, -0.1) is 0 Å². The first-order chi connectivity index (χ1) is 9.07. The first-order valence-corrected chi connectivity index (χ1v) is 7.59. The van der Waals surface area contributed by atoms with Crippen LogP contribution >= 0.6 is 15.9 Å². The lowest BCUT2D eigenvalue weighted by atomic mass is 9.81. The molecule has 4 heteroatoms. The Balaban J connectivity index is 1.81. The molecule has 0 spiro atoms. The van der Waals surface area contributed by atoms with Crippen molar-refractivity contribution in [3.63, 3.8) is 0 Å². The van der Waals surface area contributed by atoms with Gasteiger partial charge in [0, 0.05) is 11.0 Å². The Labute approximate surface area is 123 Å². The number of piperidine rings is 1. The van der Waals surface area contributed by atoms with Gasteiger partial charge in [0.2, 0.25) is 5.91 Å². The van der Waals surface area contributed by atoms with Crippen molar-refractivity contribution in [2.45, 2.75) is 26.2 Å². The lowest BCUT2D eigenvalue weighted by molar-refractivity contribution is -0.121. The molecule has 0 saturated carbocycles. The largest absolute Gasteiger partial charge is 0.355 e. The maximum Gasteiger partial charge on any atom is 0.224 e. The molecule has 1 aliphatic heterocycles. The van der Waals surface area contributed by atoms with Gasteiger partial charge >= 0.3 is 0 Å². The van der Waals surface area contributed by atoms with Crippen LogP contribution in [0.2, 0.25) is 0 Å². The maximum absolute atomic E-state index is 12.0. The van der Waals surface area contributed by atoms with E-state index in [4.69, 9.17) is 0 Å². The van der Waals surface area contributed by atoms with Crippen molar-refractivity contribution in [2.75, 3.05) is 19.6 Å². The number of rotatable bonds is 4. The Hall–Kier alpha value is -0.870. The zero-order chi connectivity index (χ0) is 13.7. The van der Waals surface area contributed by atoms with Gasteiger partial charge in [0.15, 0.2) is 0 Å². The van der Waals surface area contributed by atoms with E-state index in [1.807, 2.05) is 24.3 Å². The molecule has 0 aromatic heterocycles. The van der Waals surface area contributed by atoms with Crippen LogP contribution in [0.1, 0.15) is 25.3 Å². The summed E-state index contributed by atoms with van der Waals surface area (Å²) < 4.78 is 1.02. The molecule has 104 valence electrons. The van der Waals surface area contributed by atoms with Gasteiger partial charge in [-0.05, 0) is 49.0 Å². The lowest BCUT2D eigenvalue weighted by Crippen LogP contribution is -2.43. The fourth-order valence-electron chi connectivity index (χ4n) is 2.41. The number of carbonyl (C=O) groups is 1. The number of carbonyl (C=O) groups excluding carboxylic acids is 1. The minimum Gasteiger partial charge on any atom is -0.355 e. The van der Waals surface area contributed by atoms with Gasteiger partial charge in [0.1, 0.15) is 0 Å². The molecule has 0 aliphatic carbocycles. The van der Waals surface area contributed by atoms with Crippen molar-refractivity contribution < 1.29 is 4.79 Å². The zero-order valence-electron chi connectivity index (χ0n) is 11.3. The molecule has 1 aliphatic rings. The van der Waals surface area contributed by atoms with Gasteiger partial charge < -0.3 is 10.6 Å². The number of hydrogen-bond acceptors (Lipinski definition) is 2. The summed E-state index contributed by atoms with van der Waals surface area (Å²) in [5.74, 6) is 0.109. The Morgan fingerprint density at radius 3 is 2.84 bits per heavy atom. The topological polar surface area (TPSA) is 41.1 Å². The number of amides is 1. The molecule has 19 heavy (non-hydrogen) atoms. The van der Waals surface area contributed by atoms with Crippen LogP contribution in [0.5, 0.6) is 0 Å². The Bertz CT molecular complexity index is 442. The second-order valence-corrected chi connectivity index (χ2v) is 6.56. The highest BCUT2D eigenvalue weighted by atomic mass is 79.9. The normalized spacial score (nSPS) is 18.0. The van der Waals surface area contributed by atoms with Gasteiger partial charge in [0.05, 0.1) is 6.42 Å². The van der Waals surface area contributed by atoms with E-state index in [0.29, 0.717) is 6.42 Å². The summed E-state index contributed by atoms with van der Waals surface area (Å²) in [4.78, 5) is 12.0. The van der Waals surface area contributed by atoms with Gasteiger partial charge in [-0.25, -0.2) is 0 Å². The number of hydrogen-bond donors (Lipinski definition) is 2. The predicted molar refractivity (Wildman–Crippen MR) is 81.1 cm³/mol. The molecule has 1 saturated heterocycles. The van der Waals surface area contributed by atoms with Crippen molar-refractivity contribution in [1.29, 1.82) is 0 Å². The average Bonchev–Trinajstić information content (AvgIpc) is 2.38. The van der Waals surface area contributed by atoms with Crippen LogP contribution in [0.3, 0.4) is 0 Å². The van der Waals surface area contributed by atoms with Crippen molar-refractivity contribution in [1.82, 2.24) is 10.6 Å². The third-order valence-corrected chi connectivity index (χ3v) is 4.27. The monoisotopic (exact) mass is 324 g/mol. The fraction of sp³-hybridized carbons (Fsp3) is 0.533. The highest BCUT2D eigenvalue weighted by Crippen LogP contribution is 2.26. The van der Waals surface area contributed by atoms with Crippen molar-refractivity contribution >= 4 is 21.8 Å². The third kappa shape index (κ3) is 4.62. The molecule has 2 rings (SSSR count). The van der Waals surface area contributed by atoms with E-state index >= 15 is 0 Å². The second kappa shape index (κ2) is 6.53. The summed E-state index contributed by atoms with van der Waals surface area (Å²) in [7, 11) is 0. The molecule has 1 aromatic carbocycles. The van der Waals surface area contributed by atoms with E-state index in [1.165, 1.54) is 0 Å². The van der Waals surface area contributed by atoms with Crippen LogP contribution in [0.25, 0.3) is 0 Å². The third-order valence-electron chi connectivity index (χ3n) is 3.78. The summed E-state index contributed by atoms with van der Waals surface area (Å²) in [5.41, 5.74) is 1.29. The Morgan fingerprint density at radius 1 is 1.42 bits per heavy atom. The van der Waals surface area contributed by atoms with E-state index in [9.17, 15) is 4.79 Å². The molecule has 0 bridgehead atoms. The van der Waals surface area contributed by atoms with E-state index in [-0.39, 0.29) is 11.3 Å². The van der Waals surface area contributed by atoms with Crippen LogP contribution in [-0.4, -0.2) is 25.5 Å². The smallest absolute Gasteiger partial charge is 0.224 e. The SMILES string of the molecule is CC1(CNC(=O)Cc2cccc(Br)c2)CCNCC1. The first kappa shape index (κ1) is 14.5. The molecule has 1 fully saturated rings. The summed E-state index contributed by atoms with van der Waals surface area (Å²) in [5, 5.41) is 6.43. The summed E-state index contributed by atoms with van der Waals surface area (Å²) in [6.45, 7) is 5.14. The van der Waals surface area contributed by atoms with E-state index in [1.54, 1.807) is 0 Å². The molecule has 3 nitrogen and oxygen atoms in total. The highest BCUT2D eigenvalue weighted by molar-refractivity contribution is 9.10. The molecule has 0 unspecified atom stereocenters. The lowest BCUT2D eigenvalue weighted by Gasteiger charge is -2.34. The maximum atomic E-state index is 12.0. The minimum atomic E-state index is 0.109. The van der Waals surface area contributed by atoms with E-state index in [2.05, 4.69) is 33.5 Å². The first-order valence-electron chi connectivity index (χ1n) is 6.79. The summed E-state index contributed by atoms with van der Waals surface area (Å²) in [6, 6.07) is 7.90. The van der Waals surface area contributed by atoms with Crippen molar-refractivity contribution in [3.05, 3.63) is 34.3 Å². The van der Waals surface area contributed by atoms with Crippen LogP contribution in [0.15, 0.2) is 28.7 Å². The van der Waals surface area contributed by atoms with E-state index in [0.717, 1.165) is 42.5 Å². The predicted octanol–water partition coefficient (Wildman–Crippen LogP) is 2.50. The number of nitrogens with one attached hydrogen (secondary N) is 2. The molecule has 0 atom stereocenters. The van der Waals surface area contributed by atoms with Gasteiger partial charge in [-0.2, -0.15) is 0 Å². The Kier molecular flexibility index (Phi) is 4.99. The standard InChI is InChI=1S/C15H21BrN2O/c1-15(5-7-17-8-6-15)11-18-14(19)10-12-3-2-4-13(16)9-12/h2-4,9,17H,5-8,10-11H2,1H3,(H,18,19). The number of halogens is 1. The van der Waals surface area contributed by atoms with Gasteiger partial charge in [-0.3, -0.25) is 4.79 Å². The number of benzene rings is 1. The van der Waals surface area contributed by atoms with Crippen LogP contribution in [-0.2, 0) is 11.2 Å². The molecular formula is C15H21BrN2O. The Morgan fingerprint density at radius 2 is 2.16 bits per heavy atom. The minimum absolute atomic E-state index is 0.109. The molecule has 1 heterocycles. The zero-order valence-corrected chi connectivity index (χ0v) is 12.9. The highest BCUT2D eigenvalue weighted by Gasteiger charge is 2.26. The second-order valence-electron chi connectivity index (χ2n) is 5.64. The molecule has 1 amide bonds. The fourth-order valence-corrected chi connectivity index (χ4v) is 2.86. The summed E-state index contributed by atoms with van der Waals surface area (Å²) >= 11 is 3.42. The van der Waals surface area contributed by atoms with E-state index < -0.39 is 0 Å². The van der Waals surface area contributed by atoms with Crippen LogP contribution in [0.4, 0.5) is 0 Å². The average molecular weight is 325 g/mol. The van der Waals surface area contributed by atoms with Crippen LogP contribution < -0.4 is 10.6 Å². The van der Waals surface area contributed by atoms with Crippen molar-refractivity contribution in [3.8, 4) is 0 Å². The molecule has 2 N–H and O–H groups in total. The van der Waals surface area contributed by atoms with Crippen LogP contribution in [0, 0.1) is 5.41 Å². The quantitative estimate of drug-likeness (QED) is 0.893. The molecular weight excluding hydrogens is 304 g/mol. The van der Waals surface area contributed by atoms with Gasteiger partial charge in [0.25, 0.3) is 0 Å². The van der Waals surface area contributed by atoms with Gasteiger partial charge in [-0.1, -0.05) is 35.0 Å². The van der Waals surface area contributed by atoms with Crippen molar-refractivity contribution in [2.24, 2.45) is 5.41 Å². The summed E-state index contributed by atoms with van der Waals surface area (Å²) in [6.07, 6.45) is 2.71.